The molecule has 0 aliphatic heterocycles. The minimum Gasteiger partial charge on any atom is -0.454 e. The fraction of sp³-hybridized carbons (Fsp3) is 0. The summed E-state index contributed by atoms with van der Waals surface area (Å²) in [4.78, 5) is 4.79. The Morgan fingerprint density at radius 2 is 0.625 bits per heavy atom. The van der Waals surface area contributed by atoms with Crippen LogP contribution in [0.5, 0.6) is 0 Å². The van der Waals surface area contributed by atoms with Gasteiger partial charge >= 0.3 is 0 Å². The predicted octanol–water partition coefficient (Wildman–Crippen LogP) is 17.6. The maximum atomic E-state index is 6.89. The first-order valence-electron chi connectivity index (χ1n) is 21.8. The molecule has 0 N–H and O–H groups in total. The minimum atomic E-state index is 0.863. The molecule has 0 unspecified atom stereocenters. The van der Waals surface area contributed by atoms with Gasteiger partial charge in [0.25, 0.3) is 0 Å². The highest BCUT2D eigenvalue weighted by Crippen LogP contribution is 2.52. The molecule has 2 heterocycles. The summed E-state index contributed by atoms with van der Waals surface area (Å²) in [5, 5.41) is 16.3. The second-order valence-corrected chi connectivity index (χ2v) is 16.8. The molecule has 12 aromatic carbocycles. The van der Waals surface area contributed by atoms with Gasteiger partial charge in [0.1, 0.15) is 11.2 Å². The molecule has 64 heavy (non-hydrogen) atoms. The lowest BCUT2D eigenvalue weighted by Crippen LogP contribution is -2.12. The average Bonchev–Trinajstić information content (AvgIpc) is 3.95. The van der Waals surface area contributed by atoms with Gasteiger partial charge in [0.05, 0.1) is 22.7 Å². The molecule has 0 spiro atoms. The van der Waals surface area contributed by atoms with Crippen molar-refractivity contribution in [3.8, 4) is 0 Å². The van der Waals surface area contributed by atoms with Crippen LogP contribution in [0.25, 0.3) is 97.7 Å². The molecule has 0 amide bonds. The number of para-hydroxylation sites is 4. The summed E-state index contributed by atoms with van der Waals surface area (Å²) in [6.45, 7) is 0. The van der Waals surface area contributed by atoms with Crippen LogP contribution >= 0.6 is 0 Å². The van der Waals surface area contributed by atoms with E-state index in [2.05, 4.69) is 228 Å². The molecule has 298 valence electrons. The quantitative estimate of drug-likeness (QED) is 0.157. The molecule has 0 saturated heterocycles. The highest BCUT2D eigenvalue weighted by molar-refractivity contribution is 6.30. The van der Waals surface area contributed by atoms with Gasteiger partial charge in [-0.3, -0.25) is 0 Å². The van der Waals surface area contributed by atoms with Crippen LogP contribution in [-0.2, 0) is 0 Å². The molecular weight excluding hydrogens is 781 g/mol. The maximum Gasteiger partial charge on any atom is 0.160 e. The lowest BCUT2D eigenvalue weighted by molar-refractivity contribution is 0.669. The van der Waals surface area contributed by atoms with E-state index >= 15 is 0 Å². The number of furan rings is 2. The van der Waals surface area contributed by atoms with Crippen LogP contribution in [0, 0.1) is 0 Å². The van der Waals surface area contributed by atoms with Gasteiger partial charge in [0.15, 0.2) is 11.2 Å². The van der Waals surface area contributed by atoms with Crippen molar-refractivity contribution in [1.82, 2.24) is 0 Å². The number of nitrogens with zero attached hydrogens (tertiary/aromatic N) is 2. The van der Waals surface area contributed by atoms with E-state index in [-0.39, 0.29) is 0 Å². The molecule has 14 rings (SSSR count). The van der Waals surface area contributed by atoms with Crippen molar-refractivity contribution in [2.45, 2.75) is 0 Å². The Morgan fingerprint density at radius 1 is 0.250 bits per heavy atom. The van der Waals surface area contributed by atoms with E-state index in [0.717, 1.165) is 99.5 Å². The van der Waals surface area contributed by atoms with E-state index in [9.17, 15) is 0 Å². The maximum absolute atomic E-state index is 6.89. The largest absolute Gasteiger partial charge is 0.454 e. The molecule has 4 nitrogen and oxygen atoms in total. The molecule has 0 fully saturated rings. The monoisotopic (exact) mass is 816 g/mol. The van der Waals surface area contributed by atoms with Crippen LogP contribution in [0.15, 0.2) is 227 Å². The van der Waals surface area contributed by atoms with E-state index < -0.39 is 0 Å². The Morgan fingerprint density at radius 3 is 1.08 bits per heavy atom. The second-order valence-electron chi connectivity index (χ2n) is 16.8. The smallest absolute Gasteiger partial charge is 0.160 e. The van der Waals surface area contributed by atoms with E-state index in [4.69, 9.17) is 8.83 Å². The van der Waals surface area contributed by atoms with E-state index in [0.29, 0.717) is 0 Å². The van der Waals surface area contributed by atoms with Gasteiger partial charge in [0, 0.05) is 43.7 Å². The van der Waals surface area contributed by atoms with Crippen molar-refractivity contribution in [1.29, 1.82) is 0 Å². The normalized spacial score (nSPS) is 12.1. The van der Waals surface area contributed by atoms with Gasteiger partial charge in [0.2, 0.25) is 0 Å². The van der Waals surface area contributed by atoms with Crippen LogP contribution in [0.4, 0.5) is 34.1 Å². The number of anilines is 6. The van der Waals surface area contributed by atoms with Crippen molar-refractivity contribution < 1.29 is 8.83 Å². The van der Waals surface area contributed by atoms with Crippen molar-refractivity contribution in [3.63, 3.8) is 0 Å². The van der Waals surface area contributed by atoms with Crippen molar-refractivity contribution in [3.05, 3.63) is 218 Å². The van der Waals surface area contributed by atoms with Gasteiger partial charge in [-0.1, -0.05) is 158 Å². The summed E-state index contributed by atoms with van der Waals surface area (Å²) in [6.07, 6.45) is 0. The van der Waals surface area contributed by atoms with Crippen LogP contribution in [0.3, 0.4) is 0 Å². The van der Waals surface area contributed by atoms with E-state index in [1.165, 1.54) is 32.3 Å². The van der Waals surface area contributed by atoms with Crippen LogP contribution in [0.1, 0.15) is 0 Å². The topological polar surface area (TPSA) is 32.8 Å². The minimum absolute atomic E-state index is 0.863. The first kappa shape index (κ1) is 35.0. The number of rotatable bonds is 6. The summed E-state index contributed by atoms with van der Waals surface area (Å²) in [7, 11) is 0. The molecule has 4 heteroatoms. The lowest BCUT2D eigenvalue weighted by Gasteiger charge is -2.29. The van der Waals surface area contributed by atoms with Gasteiger partial charge in [-0.15, -0.1) is 0 Å². The third kappa shape index (κ3) is 4.99. The Kier molecular flexibility index (Phi) is 7.36. The van der Waals surface area contributed by atoms with Gasteiger partial charge in [-0.05, 0) is 104 Å². The number of benzene rings is 12. The third-order valence-electron chi connectivity index (χ3n) is 13.3. The van der Waals surface area contributed by atoms with Gasteiger partial charge in [-0.25, -0.2) is 0 Å². The fourth-order valence-electron chi connectivity index (χ4n) is 10.6. The predicted molar refractivity (Wildman–Crippen MR) is 269 cm³/mol. The summed E-state index contributed by atoms with van der Waals surface area (Å²) in [5.74, 6) is 0. The standard InChI is InChI=1S/C60H36N2O2/c1-3-17-41(18-4-1)61(51-35-39-15-7-9-21-43(39)57-47-23-11-13-25-53(47)63-59(51)57)49-33-29-37-28-32-46-50(34-30-38-27-31-45(49)55(37)56(38)46)62(42-19-5-2-6-20-42)52-36-40-16-8-10-22-44(40)58-48-24-12-14-26-54(48)64-60(52)58/h1-36H. The summed E-state index contributed by atoms with van der Waals surface area (Å²) >= 11 is 0. The number of hydrogen-bond donors (Lipinski definition) is 0. The first-order chi connectivity index (χ1) is 31.8. The molecule has 0 radical (unpaired) electrons. The zero-order valence-electron chi connectivity index (χ0n) is 34.5. The zero-order chi connectivity index (χ0) is 41.9. The molecule has 0 atom stereocenters. The molecule has 2 aromatic heterocycles. The molecule has 0 aliphatic rings. The van der Waals surface area contributed by atoms with Gasteiger partial charge in [-0.2, -0.15) is 0 Å². The molecular formula is C60H36N2O2. The Labute approximate surface area is 367 Å². The fourth-order valence-corrected chi connectivity index (χ4v) is 10.6. The van der Waals surface area contributed by atoms with Crippen molar-refractivity contribution >= 4 is 132 Å². The Hall–Kier alpha value is -8.60. The second kappa shape index (κ2) is 13.4. The molecule has 0 saturated carbocycles. The molecule has 0 aliphatic carbocycles. The summed E-state index contributed by atoms with van der Waals surface area (Å²) in [6, 6.07) is 78.4. The Balaban J connectivity index is 1.06. The van der Waals surface area contributed by atoms with Crippen LogP contribution in [-0.4, -0.2) is 0 Å². The summed E-state index contributed by atoms with van der Waals surface area (Å²) in [5.41, 5.74) is 9.73. The number of fused-ring (bicyclic) bond motifs is 10. The van der Waals surface area contributed by atoms with Crippen molar-refractivity contribution in [2.24, 2.45) is 0 Å². The first-order valence-corrected chi connectivity index (χ1v) is 21.8. The van der Waals surface area contributed by atoms with Crippen LogP contribution < -0.4 is 9.80 Å². The van der Waals surface area contributed by atoms with E-state index in [1.807, 2.05) is 0 Å². The zero-order valence-corrected chi connectivity index (χ0v) is 34.5. The Bertz CT molecular complexity index is 3880. The average molecular weight is 817 g/mol. The third-order valence-corrected chi connectivity index (χ3v) is 13.3. The molecule has 14 aromatic rings. The highest BCUT2D eigenvalue weighted by atomic mass is 16.3. The van der Waals surface area contributed by atoms with Gasteiger partial charge < -0.3 is 18.6 Å². The molecule has 0 bridgehead atoms. The lowest BCUT2D eigenvalue weighted by atomic mass is 9.91. The van der Waals surface area contributed by atoms with Crippen LogP contribution in [0.2, 0.25) is 0 Å². The summed E-state index contributed by atoms with van der Waals surface area (Å²) < 4.78 is 13.8. The SMILES string of the molecule is c1ccc(N(c2ccc3ccc4c(N(c5ccccc5)c5cc6ccccc6c6c5oc5ccccc56)ccc5ccc2c3c54)c2cc3ccccc3c3c2oc2ccccc23)cc1. The number of hydrogen-bond acceptors (Lipinski definition) is 4. The van der Waals surface area contributed by atoms with Crippen molar-refractivity contribution in [2.75, 3.05) is 9.80 Å². The highest BCUT2D eigenvalue weighted by Gasteiger charge is 2.27. The van der Waals surface area contributed by atoms with E-state index in [1.54, 1.807) is 0 Å².